The first-order valence-electron chi connectivity index (χ1n) is 11.0. The van der Waals surface area contributed by atoms with Gasteiger partial charge in [-0.2, -0.15) is 4.31 Å². The van der Waals surface area contributed by atoms with E-state index in [0.29, 0.717) is 37.4 Å². The summed E-state index contributed by atoms with van der Waals surface area (Å²) in [5.41, 5.74) is -1.65. The Morgan fingerprint density at radius 1 is 1.31 bits per heavy atom. The fourth-order valence-electron chi connectivity index (χ4n) is 4.06. The van der Waals surface area contributed by atoms with Crippen LogP contribution in [0.3, 0.4) is 0 Å². The standard InChI is InChI=1S/C22H33ClN2O6S/c1-5-24(13-6-14-26)20(27)31-22(11-12-22)19-15-30-21(3,4)16(2)25(19)32(28,29)18-9-7-17(23)8-10-18/h7-10,16,19,26H,5-6,11-15H2,1-4H3/t16-,19-/m1/s1. The Bertz CT molecular complexity index is 917. The first-order valence-corrected chi connectivity index (χ1v) is 12.8. The molecular weight excluding hydrogens is 456 g/mol. The summed E-state index contributed by atoms with van der Waals surface area (Å²) < 4.78 is 41.0. The molecule has 1 aromatic carbocycles. The summed E-state index contributed by atoms with van der Waals surface area (Å²) in [6, 6.07) is 4.94. The number of aliphatic hydroxyl groups excluding tert-OH is 1. The van der Waals surface area contributed by atoms with Crippen molar-refractivity contribution in [1.29, 1.82) is 0 Å². The third kappa shape index (κ3) is 4.92. The van der Waals surface area contributed by atoms with Crippen LogP contribution in [-0.2, 0) is 19.5 Å². The molecule has 2 aliphatic rings. The van der Waals surface area contributed by atoms with Crippen molar-refractivity contribution in [2.24, 2.45) is 0 Å². The number of morpholine rings is 1. The molecule has 10 heteroatoms. The predicted molar refractivity (Wildman–Crippen MR) is 121 cm³/mol. The Labute approximate surface area is 195 Å². The summed E-state index contributed by atoms with van der Waals surface area (Å²) in [7, 11) is -3.91. The zero-order valence-electron chi connectivity index (χ0n) is 19.1. The summed E-state index contributed by atoms with van der Waals surface area (Å²) in [5, 5.41) is 9.54. The lowest BCUT2D eigenvalue weighted by atomic mass is 9.94. The number of sulfonamides is 1. The van der Waals surface area contributed by atoms with E-state index in [-0.39, 0.29) is 18.1 Å². The summed E-state index contributed by atoms with van der Waals surface area (Å²) in [4.78, 5) is 14.5. The molecule has 0 aromatic heterocycles. The molecule has 2 fully saturated rings. The molecule has 0 radical (unpaired) electrons. The summed E-state index contributed by atoms with van der Waals surface area (Å²) in [6.45, 7) is 8.28. The number of hydrogen-bond donors (Lipinski definition) is 1. The second-order valence-corrected chi connectivity index (χ2v) is 11.3. The lowest BCUT2D eigenvalue weighted by molar-refractivity contribution is -0.148. The van der Waals surface area contributed by atoms with Crippen molar-refractivity contribution in [3.05, 3.63) is 29.3 Å². The van der Waals surface area contributed by atoms with Gasteiger partial charge in [-0.1, -0.05) is 11.6 Å². The van der Waals surface area contributed by atoms with Crippen LogP contribution < -0.4 is 0 Å². The van der Waals surface area contributed by atoms with Crippen LogP contribution in [0.25, 0.3) is 0 Å². The zero-order valence-corrected chi connectivity index (χ0v) is 20.7. The van der Waals surface area contributed by atoms with Crippen LogP contribution in [-0.4, -0.2) is 78.4 Å². The number of halogens is 1. The van der Waals surface area contributed by atoms with Gasteiger partial charge in [0.15, 0.2) is 0 Å². The van der Waals surface area contributed by atoms with E-state index in [1.165, 1.54) is 21.3 Å². The molecule has 0 bridgehead atoms. The maximum absolute atomic E-state index is 13.7. The number of ether oxygens (including phenoxy) is 2. The Balaban J connectivity index is 1.93. The lowest BCUT2D eigenvalue weighted by Gasteiger charge is -2.50. The Morgan fingerprint density at radius 2 is 1.94 bits per heavy atom. The van der Waals surface area contributed by atoms with Crippen molar-refractivity contribution >= 4 is 27.7 Å². The van der Waals surface area contributed by atoms with Crippen LogP contribution >= 0.6 is 11.6 Å². The molecule has 2 atom stereocenters. The van der Waals surface area contributed by atoms with Crippen LogP contribution in [0.1, 0.15) is 47.0 Å². The normalized spacial score (nSPS) is 24.7. The minimum absolute atomic E-state index is 0.0227. The number of rotatable bonds is 8. The fraction of sp³-hybridized carbons (Fsp3) is 0.682. The van der Waals surface area contributed by atoms with Crippen LogP contribution in [0.2, 0.25) is 5.02 Å². The highest BCUT2D eigenvalue weighted by Gasteiger charge is 2.62. The number of nitrogens with zero attached hydrogens (tertiary/aromatic N) is 2. The highest BCUT2D eigenvalue weighted by Crippen LogP contribution is 2.49. The molecule has 0 unspecified atom stereocenters. The van der Waals surface area contributed by atoms with Crippen molar-refractivity contribution in [2.75, 3.05) is 26.3 Å². The summed E-state index contributed by atoms with van der Waals surface area (Å²) in [5.74, 6) is 0. The molecule has 1 saturated carbocycles. The van der Waals surface area contributed by atoms with Gasteiger partial charge < -0.3 is 19.5 Å². The van der Waals surface area contributed by atoms with Crippen LogP contribution in [0.15, 0.2) is 29.2 Å². The topological polar surface area (TPSA) is 96.4 Å². The molecule has 1 aliphatic carbocycles. The van der Waals surface area contributed by atoms with Crippen molar-refractivity contribution in [1.82, 2.24) is 9.21 Å². The van der Waals surface area contributed by atoms with Gasteiger partial charge in [-0.15, -0.1) is 0 Å². The Hall–Kier alpha value is -1.39. The molecule has 1 N–H and O–H groups in total. The third-order valence-electron chi connectivity index (χ3n) is 6.56. The van der Waals surface area contributed by atoms with Gasteiger partial charge >= 0.3 is 6.09 Å². The van der Waals surface area contributed by atoms with Gasteiger partial charge in [0, 0.05) is 24.7 Å². The molecule has 1 aromatic rings. The van der Waals surface area contributed by atoms with Crippen LogP contribution in [0, 0.1) is 0 Å². The second kappa shape index (κ2) is 9.46. The molecule has 180 valence electrons. The Morgan fingerprint density at radius 3 is 2.47 bits per heavy atom. The van der Waals surface area contributed by atoms with E-state index in [1.807, 2.05) is 27.7 Å². The molecule has 1 amide bonds. The van der Waals surface area contributed by atoms with E-state index in [1.54, 1.807) is 12.1 Å². The molecule has 3 rings (SSSR count). The van der Waals surface area contributed by atoms with Gasteiger partial charge in [-0.05, 0) is 71.2 Å². The van der Waals surface area contributed by atoms with Gasteiger partial charge in [-0.3, -0.25) is 0 Å². The van der Waals surface area contributed by atoms with Crippen LogP contribution in [0.5, 0.6) is 0 Å². The minimum Gasteiger partial charge on any atom is -0.441 e. The van der Waals surface area contributed by atoms with Gasteiger partial charge in [0.25, 0.3) is 0 Å². The average Bonchev–Trinajstić information content (AvgIpc) is 3.50. The molecule has 1 saturated heterocycles. The molecule has 8 nitrogen and oxygen atoms in total. The van der Waals surface area contributed by atoms with E-state index in [9.17, 15) is 13.2 Å². The maximum Gasteiger partial charge on any atom is 0.410 e. The van der Waals surface area contributed by atoms with Crippen molar-refractivity contribution in [3.63, 3.8) is 0 Å². The molecule has 1 aliphatic heterocycles. The van der Waals surface area contributed by atoms with Gasteiger partial charge in [0.2, 0.25) is 10.0 Å². The highest BCUT2D eigenvalue weighted by atomic mass is 35.5. The number of benzene rings is 1. The monoisotopic (exact) mass is 488 g/mol. The first kappa shape index (κ1) is 25.2. The van der Waals surface area contributed by atoms with E-state index < -0.39 is 39.4 Å². The first-order chi connectivity index (χ1) is 15.0. The van der Waals surface area contributed by atoms with Gasteiger partial charge in [0.1, 0.15) is 5.60 Å². The summed E-state index contributed by atoms with van der Waals surface area (Å²) >= 11 is 5.96. The zero-order chi connectivity index (χ0) is 23.7. The van der Waals surface area contributed by atoms with Crippen molar-refractivity contribution in [3.8, 4) is 0 Å². The van der Waals surface area contributed by atoms with Crippen molar-refractivity contribution < 1.29 is 27.8 Å². The fourth-order valence-corrected chi connectivity index (χ4v) is 6.16. The lowest BCUT2D eigenvalue weighted by Crippen LogP contribution is -2.66. The second-order valence-electron chi connectivity index (χ2n) is 8.98. The van der Waals surface area contributed by atoms with E-state index in [0.717, 1.165) is 0 Å². The number of amides is 1. The number of hydrogen-bond acceptors (Lipinski definition) is 6. The van der Waals surface area contributed by atoms with Gasteiger partial charge in [0.05, 0.1) is 29.2 Å². The van der Waals surface area contributed by atoms with Gasteiger partial charge in [-0.25, -0.2) is 13.2 Å². The number of aliphatic hydroxyl groups is 1. The Kier molecular flexibility index (Phi) is 7.46. The molecule has 32 heavy (non-hydrogen) atoms. The SMILES string of the molecule is CCN(CCCO)C(=O)OC1([C@H]2COC(C)(C)[C@@H](C)N2S(=O)(=O)c2ccc(Cl)cc2)CC1. The van der Waals surface area contributed by atoms with Crippen LogP contribution in [0.4, 0.5) is 4.79 Å². The maximum atomic E-state index is 13.7. The minimum atomic E-state index is -3.91. The average molecular weight is 489 g/mol. The molecule has 1 heterocycles. The quantitative estimate of drug-likeness (QED) is 0.603. The van der Waals surface area contributed by atoms with E-state index in [4.69, 9.17) is 26.2 Å². The largest absolute Gasteiger partial charge is 0.441 e. The van der Waals surface area contributed by atoms with Crippen molar-refractivity contribution in [2.45, 2.75) is 75.1 Å². The number of carbonyl (C=O) groups is 1. The smallest absolute Gasteiger partial charge is 0.410 e. The molecule has 0 spiro atoms. The summed E-state index contributed by atoms with van der Waals surface area (Å²) in [6.07, 6.45) is 1.07. The van der Waals surface area contributed by atoms with E-state index >= 15 is 0 Å². The van der Waals surface area contributed by atoms with E-state index in [2.05, 4.69) is 0 Å². The highest BCUT2D eigenvalue weighted by molar-refractivity contribution is 7.89. The number of carbonyl (C=O) groups excluding carboxylic acids is 1. The third-order valence-corrected chi connectivity index (χ3v) is 8.81. The predicted octanol–water partition coefficient (Wildman–Crippen LogP) is 3.27. The molecular formula is C22H33ClN2O6S.